The number of ether oxygens (including phenoxy) is 1. The van der Waals surface area contributed by atoms with Crippen LogP contribution < -0.4 is 5.32 Å². The second-order valence-corrected chi connectivity index (χ2v) is 4.94. The summed E-state index contributed by atoms with van der Waals surface area (Å²) in [6, 6.07) is 2.58. The van der Waals surface area contributed by atoms with Crippen LogP contribution in [0.2, 0.25) is 0 Å². The SMILES string of the molecule is COC(=O)c1ccc(NCC2(C)CC2)c(F)c1F. The van der Waals surface area contributed by atoms with Crippen molar-refractivity contribution in [2.75, 3.05) is 19.0 Å². The van der Waals surface area contributed by atoms with E-state index in [1.54, 1.807) is 0 Å². The average molecular weight is 255 g/mol. The van der Waals surface area contributed by atoms with E-state index in [4.69, 9.17) is 0 Å². The molecule has 1 aliphatic rings. The van der Waals surface area contributed by atoms with Crippen molar-refractivity contribution in [3.63, 3.8) is 0 Å². The van der Waals surface area contributed by atoms with E-state index in [0.29, 0.717) is 6.54 Å². The van der Waals surface area contributed by atoms with Crippen molar-refractivity contribution < 1.29 is 18.3 Å². The first-order chi connectivity index (χ1) is 8.47. The number of esters is 1. The first-order valence-corrected chi connectivity index (χ1v) is 5.77. The van der Waals surface area contributed by atoms with Gasteiger partial charge in [-0.25, -0.2) is 13.6 Å². The molecule has 0 unspecified atom stereocenters. The summed E-state index contributed by atoms with van der Waals surface area (Å²) in [5, 5.41) is 2.87. The lowest BCUT2D eigenvalue weighted by molar-refractivity contribution is 0.0594. The Bertz CT molecular complexity index is 484. The van der Waals surface area contributed by atoms with Crippen molar-refractivity contribution in [3.05, 3.63) is 29.3 Å². The fourth-order valence-electron chi connectivity index (χ4n) is 1.65. The highest BCUT2D eigenvalue weighted by Gasteiger charge is 2.37. The summed E-state index contributed by atoms with van der Waals surface area (Å²) in [4.78, 5) is 11.2. The zero-order valence-corrected chi connectivity index (χ0v) is 10.3. The highest BCUT2D eigenvalue weighted by molar-refractivity contribution is 5.90. The van der Waals surface area contributed by atoms with Crippen molar-refractivity contribution in [3.8, 4) is 0 Å². The predicted molar refractivity (Wildman–Crippen MR) is 63.5 cm³/mol. The molecular formula is C13H15F2NO2. The maximum absolute atomic E-state index is 13.7. The molecule has 1 aromatic carbocycles. The van der Waals surface area contributed by atoms with Gasteiger partial charge in [0.2, 0.25) is 0 Å². The van der Waals surface area contributed by atoms with E-state index < -0.39 is 23.2 Å². The minimum atomic E-state index is -1.17. The van der Waals surface area contributed by atoms with E-state index in [1.807, 2.05) is 0 Å². The van der Waals surface area contributed by atoms with Crippen LogP contribution in [0, 0.1) is 17.0 Å². The summed E-state index contributed by atoms with van der Waals surface area (Å²) in [5.41, 5.74) is -0.129. The molecule has 0 atom stereocenters. The number of methoxy groups -OCH3 is 1. The molecule has 0 amide bonds. The molecule has 2 rings (SSSR count). The van der Waals surface area contributed by atoms with Gasteiger partial charge >= 0.3 is 5.97 Å². The van der Waals surface area contributed by atoms with Gasteiger partial charge in [-0.1, -0.05) is 6.92 Å². The number of carbonyl (C=O) groups excluding carboxylic acids is 1. The van der Waals surface area contributed by atoms with Gasteiger partial charge in [0.15, 0.2) is 11.6 Å². The van der Waals surface area contributed by atoms with Gasteiger partial charge in [0.1, 0.15) is 0 Å². The van der Waals surface area contributed by atoms with Gasteiger partial charge in [-0.3, -0.25) is 0 Å². The van der Waals surface area contributed by atoms with E-state index in [1.165, 1.54) is 12.1 Å². The fourth-order valence-corrected chi connectivity index (χ4v) is 1.65. The molecule has 0 spiro atoms. The summed E-state index contributed by atoms with van der Waals surface area (Å²) >= 11 is 0. The first-order valence-electron chi connectivity index (χ1n) is 5.77. The minimum absolute atomic E-state index is 0.0771. The molecule has 3 nitrogen and oxygen atoms in total. The summed E-state index contributed by atoms with van der Waals surface area (Å²) in [5.74, 6) is -3.10. The normalized spacial score (nSPS) is 16.2. The summed E-state index contributed by atoms with van der Waals surface area (Å²) in [6.07, 6.45) is 2.18. The Balaban J connectivity index is 2.17. The van der Waals surface area contributed by atoms with Crippen LogP contribution in [0.1, 0.15) is 30.1 Å². The smallest absolute Gasteiger partial charge is 0.340 e. The Morgan fingerprint density at radius 1 is 1.39 bits per heavy atom. The van der Waals surface area contributed by atoms with E-state index in [-0.39, 0.29) is 11.1 Å². The zero-order chi connectivity index (χ0) is 13.3. The Morgan fingerprint density at radius 2 is 2.06 bits per heavy atom. The quantitative estimate of drug-likeness (QED) is 0.840. The Kier molecular flexibility index (Phi) is 3.24. The molecule has 18 heavy (non-hydrogen) atoms. The Labute approximate surface area is 104 Å². The standard InChI is InChI=1S/C13H15F2NO2/c1-13(5-6-13)7-16-9-4-3-8(12(17)18-2)10(14)11(9)15/h3-4,16H,5-7H2,1-2H3. The first kappa shape index (κ1) is 12.8. The number of nitrogens with one attached hydrogen (secondary N) is 1. The number of hydrogen-bond donors (Lipinski definition) is 1. The maximum atomic E-state index is 13.7. The van der Waals surface area contributed by atoms with Crippen LogP contribution >= 0.6 is 0 Å². The number of halogens is 2. The van der Waals surface area contributed by atoms with Crippen molar-refractivity contribution in [1.82, 2.24) is 0 Å². The van der Waals surface area contributed by atoms with Gasteiger partial charge in [0.25, 0.3) is 0 Å². The zero-order valence-electron chi connectivity index (χ0n) is 10.3. The van der Waals surface area contributed by atoms with Crippen LogP contribution in [0.4, 0.5) is 14.5 Å². The highest BCUT2D eigenvalue weighted by atomic mass is 19.2. The van der Waals surface area contributed by atoms with Crippen LogP contribution in [-0.2, 0) is 4.74 Å². The lowest BCUT2D eigenvalue weighted by Crippen LogP contribution is -2.14. The lowest BCUT2D eigenvalue weighted by Gasteiger charge is -2.13. The highest BCUT2D eigenvalue weighted by Crippen LogP contribution is 2.44. The van der Waals surface area contributed by atoms with Gasteiger partial charge in [-0.2, -0.15) is 0 Å². The molecule has 1 N–H and O–H groups in total. The topological polar surface area (TPSA) is 38.3 Å². The largest absolute Gasteiger partial charge is 0.465 e. The van der Waals surface area contributed by atoms with Crippen LogP contribution in [-0.4, -0.2) is 19.6 Å². The minimum Gasteiger partial charge on any atom is -0.465 e. The number of carbonyl (C=O) groups is 1. The summed E-state index contributed by atoms with van der Waals surface area (Å²) < 4.78 is 31.7. The second-order valence-electron chi connectivity index (χ2n) is 4.94. The van der Waals surface area contributed by atoms with Crippen molar-refractivity contribution in [2.45, 2.75) is 19.8 Å². The third kappa shape index (κ3) is 2.44. The molecule has 98 valence electrons. The van der Waals surface area contributed by atoms with Crippen LogP contribution in [0.25, 0.3) is 0 Å². The molecule has 0 aliphatic heterocycles. The fraction of sp³-hybridized carbons (Fsp3) is 0.462. The monoisotopic (exact) mass is 255 g/mol. The lowest BCUT2D eigenvalue weighted by atomic mass is 10.1. The molecule has 0 radical (unpaired) electrons. The van der Waals surface area contributed by atoms with E-state index in [9.17, 15) is 13.6 Å². The molecule has 5 heteroatoms. The van der Waals surface area contributed by atoms with Crippen LogP contribution in [0.5, 0.6) is 0 Å². The van der Waals surface area contributed by atoms with Gasteiger partial charge in [0, 0.05) is 6.54 Å². The Morgan fingerprint density at radius 3 is 2.61 bits per heavy atom. The molecule has 0 bridgehead atoms. The Hall–Kier alpha value is -1.65. The molecular weight excluding hydrogens is 240 g/mol. The predicted octanol–water partition coefficient (Wildman–Crippen LogP) is 2.96. The van der Waals surface area contributed by atoms with E-state index in [0.717, 1.165) is 20.0 Å². The molecule has 1 aliphatic carbocycles. The molecule has 0 aromatic heterocycles. The van der Waals surface area contributed by atoms with Gasteiger partial charge in [-0.15, -0.1) is 0 Å². The summed E-state index contributed by atoms with van der Waals surface area (Å²) in [7, 11) is 1.12. The maximum Gasteiger partial charge on any atom is 0.340 e. The molecule has 0 heterocycles. The number of rotatable bonds is 4. The van der Waals surface area contributed by atoms with Crippen molar-refractivity contribution in [1.29, 1.82) is 0 Å². The number of anilines is 1. The van der Waals surface area contributed by atoms with Crippen LogP contribution in [0.3, 0.4) is 0 Å². The van der Waals surface area contributed by atoms with Gasteiger partial charge < -0.3 is 10.1 Å². The van der Waals surface area contributed by atoms with Crippen molar-refractivity contribution in [2.24, 2.45) is 5.41 Å². The van der Waals surface area contributed by atoms with E-state index in [2.05, 4.69) is 17.0 Å². The molecule has 0 saturated heterocycles. The number of benzene rings is 1. The molecule has 1 fully saturated rings. The van der Waals surface area contributed by atoms with Gasteiger partial charge in [0.05, 0.1) is 18.4 Å². The average Bonchev–Trinajstić information content (AvgIpc) is 3.09. The van der Waals surface area contributed by atoms with Gasteiger partial charge in [-0.05, 0) is 30.4 Å². The molecule has 1 aromatic rings. The number of hydrogen-bond acceptors (Lipinski definition) is 3. The second kappa shape index (κ2) is 4.55. The third-order valence-corrected chi connectivity index (χ3v) is 3.30. The van der Waals surface area contributed by atoms with Crippen LogP contribution in [0.15, 0.2) is 12.1 Å². The van der Waals surface area contributed by atoms with Crippen molar-refractivity contribution >= 4 is 11.7 Å². The van der Waals surface area contributed by atoms with E-state index >= 15 is 0 Å². The third-order valence-electron chi connectivity index (χ3n) is 3.30. The molecule has 1 saturated carbocycles. The summed E-state index contributed by atoms with van der Waals surface area (Å²) in [6.45, 7) is 2.68.